The average molecular weight is 420 g/mol. The van der Waals surface area contributed by atoms with Crippen LogP contribution >= 0.6 is 0 Å². The van der Waals surface area contributed by atoms with Crippen LogP contribution in [0, 0.1) is 5.92 Å². The highest BCUT2D eigenvalue weighted by Crippen LogP contribution is 2.34. The van der Waals surface area contributed by atoms with E-state index in [1.165, 1.54) is 18.2 Å². The van der Waals surface area contributed by atoms with Gasteiger partial charge in [-0.15, -0.1) is 6.58 Å². The first-order valence-electron chi connectivity index (χ1n) is 9.63. The third kappa shape index (κ3) is 5.60. The molecular weight excluding hydrogens is 393 g/mol. The van der Waals surface area contributed by atoms with Gasteiger partial charge in [-0.2, -0.15) is 24.2 Å². The van der Waals surface area contributed by atoms with Crippen molar-refractivity contribution in [3.8, 4) is 0 Å². The van der Waals surface area contributed by atoms with Crippen LogP contribution < -0.4 is 5.90 Å². The number of rotatable bonds is 8. The van der Waals surface area contributed by atoms with E-state index in [4.69, 9.17) is 10.7 Å². The fourth-order valence-corrected chi connectivity index (χ4v) is 3.10. The summed E-state index contributed by atoms with van der Waals surface area (Å²) in [5.41, 5.74) is 1.07. The molecule has 162 valence electrons. The van der Waals surface area contributed by atoms with E-state index < -0.39 is 11.7 Å². The third-order valence-corrected chi connectivity index (χ3v) is 4.46. The van der Waals surface area contributed by atoms with Crippen LogP contribution in [0.25, 0.3) is 5.70 Å². The molecule has 2 aromatic rings. The van der Waals surface area contributed by atoms with Gasteiger partial charge >= 0.3 is 6.18 Å². The number of allylic oxidation sites excluding steroid dienone is 1. The van der Waals surface area contributed by atoms with Gasteiger partial charge in [-0.05, 0) is 43.4 Å². The van der Waals surface area contributed by atoms with Crippen molar-refractivity contribution in [2.24, 2.45) is 16.8 Å². The van der Waals surface area contributed by atoms with Crippen LogP contribution in [0.5, 0.6) is 0 Å². The fourth-order valence-electron chi connectivity index (χ4n) is 3.10. The molecule has 0 saturated carbocycles. The van der Waals surface area contributed by atoms with Crippen LogP contribution in [-0.2, 0) is 30.4 Å². The first kappa shape index (κ1) is 23.4. The molecule has 2 rings (SSSR count). The van der Waals surface area contributed by atoms with Gasteiger partial charge in [0.25, 0.3) is 5.90 Å². The van der Waals surface area contributed by atoms with Gasteiger partial charge in [-0.25, -0.2) is 4.99 Å². The summed E-state index contributed by atoms with van der Waals surface area (Å²) in [4.78, 5) is 9.10. The van der Waals surface area contributed by atoms with Crippen molar-refractivity contribution in [1.29, 1.82) is 0 Å². The summed E-state index contributed by atoms with van der Waals surface area (Å²) in [6.07, 6.45) is -2.16. The molecule has 30 heavy (non-hydrogen) atoms. The van der Waals surface area contributed by atoms with Gasteiger partial charge in [0.15, 0.2) is 0 Å². The molecule has 0 amide bonds. The summed E-state index contributed by atoms with van der Waals surface area (Å²) < 4.78 is 42.1. The number of aryl methyl sites for hydroxylation is 1. The SMILES string of the molecule is C=CCc1ccc(C(=C)N=C(ON)c2cc(CC(C)C)n(CC)n2)cc1C(F)(F)F. The first-order chi connectivity index (χ1) is 14.1. The van der Waals surface area contributed by atoms with E-state index in [9.17, 15) is 13.2 Å². The van der Waals surface area contributed by atoms with Gasteiger partial charge in [0.1, 0.15) is 5.69 Å². The zero-order chi connectivity index (χ0) is 22.5. The zero-order valence-electron chi connectivity index (χ0n) is 17.5. The predicted molar refractivity (Wildman–Crippen MR) is 113 cm³/mol. The van der Waals surface area contributed by atoms with Gasteiger partial charge in [0, 0.05) is 17.8 Å². The highest BCUT2D eigenvalue weighted by atomic mass is 19.4. The summed E-state index contributed by atoms with van der Waals surface area (Å²) in [5.74, 6) is 5.79. The topological polar surface area (TPSA) is 65.4 Å². The summed E-state index contributed by atoms with van der Waals surface area (Å²) in [6, 6.07) is 5.77. The molecule has 8 heteroatoms. The minimum absolute atomic E-state index is 0.0130. The lowest BCUT2D eigenvalue weighted by atomic mass is 10.00. The van der Waals surface area contributed by atoms with Gasteiger partial charge in [0.2, 0.25) is 0 Å². The Morgan fingerprint density at radius 1 is 1.33 bits per heavy atom. The predicted octanol–water partition coefficient (Wildman–Crippen LogP) is 5.16. The molecule has 1 aromatic heterocycles. The van der Waals surface area contributed by atoms with Crippen LogP contribution in [0.2, 0.25) is 0 Å². The molecule has 1 aromatic carbocycles. The second-order valence-electron chi connectivity index (χ2n) is 7.28. The van der Waals surface area contributed by atoms with Gasteiger partial charge in [0.05, 0.1) is 11.3 Å². The van der Waals surface area contributed by atoms with E-state index in [0.717, 1.165) is 18.2 Å². The standard InChI is InChI=1S/C22H27F3N4O/c1-6-8-16-9-10-17(12-19(16)22(23,24)25)15(5)27-21(30-26)20-13-18(11-14(3)4)29(7-2)28-20/h6,9-10,12-14H,1,5,7-8,11,26H2,2-4H3. The molecule has 0 aliphatic heterocycles. The smallest absolute Gasteiger partial charge is 0.389 e. The lowest BCUT2D eigenvalue weighted by Gasteiger charge is -2.14. The Kier molecular flexibility index (Phi) is 7.61. The zero-order valence-corrected chi connectivity index (χ0v) is 17.5. The third-order valence-electron chi connectivity index (χ3n) is 4.46. The number of nitrogens with zero attached hydrogens (tertiary/aromatic N) is 3. The molecule has 0 aliphatic carbocycles. The van der Waals surface area contributed by atoms with Crippen LogP contribution in [-0.4, -0.2) is 15.7 Å². The lowest BCUT2D eigenvalue weighted by Crippen LogP contribution is -2.14. The van der Waals surface area contributed by atoms with Crippen molar-refractivity contribution in [3.63, 3.8) is 0 Å². The maximum absolute atomic E-state index is 13.4. The maximum Gasteiger partial charge on any atom is 0.416 e. The molecular formula is C22H27F3N4O. The molecule has 1 heterocycles. The molecule has 0 saturated heterocycles. The second-order valence-corrected chi connectivity index (χ2v) is 7.28. The summed E-state index contributed by atoms with van der Waals surface area (Å²) in [5, 5.41) is 4.44. The molecule has 5 nitrogen and oxygen atoms in total. The van der Waals surface area contributed by atoms with E-state index in [2.05, 4.69) is 37.1 Å². The number of aliphatic imine (C=N–C) groups is 1. The van der Waals surface area contributed by atoms with E-state index in [1.54, 1.807) is 0 Å². The van der Waals surface area contributed by atoms with Gasteiger partial charge in [-0.3, -0.25) is 4.68 Å². The minimum atomic E-state index is -4.50. The number of hydrogen-bond donors (Lipinski definition) is 1. The molecule has 0 radical (unpaired) electrons. The van der Waals surface area contributed by atoms with Crippen molar-refractivity contribution >= 4 is 11.6 Å². The monoisotopic (exact) mass is 420 g/mol. The van der Waals surface area contributed by atoms with Crippen LogP contribution in [0.15, 0.2) is 48.5 Å². The molecule has 0 aliphatic rings. The van der Waals surface area contributed by atoms with E-state index in [-0.39, 0.29) is 29.1 Å². The Morgan fingerprint density at radius 2 is 2.03 bits per heavy atom. The fraction of sp³-hybridized carbons (Fsp3) is 0.364. The number of hydrogen-bond acceptors (Lipinski definition) is 4. The number of nitrogens with two attached hydrogens (primary N) is 1. The van der Waals surface area contributed by atoms with Crippen LogP contribution in [0.3, 0.4) is 0 Å². The van der Waals surface area contributed by atoms with E-state index in [0.29, 0.717) is 18.2 Å². The second kappa shape index (κ2) is 9.75. The number of aromatic nitrogens is 2. The first-order valence-corrected chi connectivity index (χ1v) is 9.63. The molecule has 0 spiro atoms. The summed E-state index contributed by atoms with van der Waals surface area (Å²) in [7, 11) is 0. The Bertz CT molecular complexity index is 942. The van der Waals surface area contributed by atoms with E-state index >= 15 is 0 Å². The summed E-state index contributed by atoms with van der Waals surface area (Å²) >= 11 is 0. The quantitative estimate of drug-likeness (QED) is 0.278. The number of alkyl halides is 3. The van der Waals surface area contributed by atoms with Crippen molar-refractivity contribution in [2.45, 2.75) is 46.3 Å². The van der Waals surface area contributed by atoms with E-state index in [1.807, 2.05) is 17.7 Å². The molecule has 0 fully saturated rings. The minimum Gasteiger partial charge on any atom is -0.389 e. The molecule has 0 bridgehead atoms. The number of halogens is 3. The molecule has 0 atom stereocenters. The molecule has 2 N–H and O–H groups in total. The number of benzene rings is 1. The highest BCUT2D eigenvalue weighted by Gasteiger charge is 2.33. The Hall–Kier alpha value is -2.87. The normalized spacial score (nSPS) is 12.3. The van der Waals surface area contributed by atoms with Crippen molar-refractivity contribution in [2.75, 3.05) is 0 Å². The Balaban J connectivity index is 2.42. The maximum atomic E-state index is 13.4. The lowest BCUT2D eigenvalue weighted by molar-refractivity contribution is -0.138. The van der Waals surface area contributed by atoms with Crippen molar-refractivity contribution in [1.82, 2.24) is 9.78 Å². The summed E-state index contributed by atoms with van der Waals surface area (Å²) in [6.45, 7) is 14.1. The van der Waals surface area contributed by atoms with Gasteiger partial charge < -0.3 is 4.84 Å². The molecule has 0 unspecified atom stereocenters. The highest BCUT2D eigenvalue weighted by molar-refractivity contribution is 5.95. The van der Waals surface area contributed by atoms with Crippen molar-refractivity contribution in [3.05, 3.63) is 71.6 Å². The largest absolute Gasteiger partial charge is 0.416 e. The Labute approximate surface area is 174 Å². The van der Waals surface area contributed by atoms with Crippen LogP contribution in [0.1, 0.15) is 48.8 Å². The van der Waals surface area contributed by atoms with Crippen LogP contribution in [0.4, 0.5) is 13.2 Å². The van der Waals surface area contributed by atoms with Crippen molar-refractivity contribution < 1.29 is 18.0 Å². The van der Waals surface area contributed by atoms with Gasteiger partial charge in [-0.1, -0.05) is 38.6 Å². The Morgan fingerprint density at radius 3 is 2.57 bits per heavy atom. The average Bonchev–Trinajstić information content (AvgIpc) is 3.07.